The van der Waals surface area contributed by atoms with Gasteiger partial charge in [0.05, 0.1) is 42.6 Å². The van der Waals surface area contributed by atoms with Crippen LogP contribution in [-0.2, 0) is 9.53 Å². The highest BCUT2D eigenvalue weighted by Crippen LogP contribution is 2.46. The Kier molecular flexibility index (Phi) is 8.57. The first kappa shape index (κ1) is 28.5. The molecule has 0 radical (unpaired) electrons. The van der Waals surface area contributed by atoms with Crippen molar-refractivity contribution in [2.24, 2.45) is 0 Å². The predicted molar refractivity (Wildman–Crippen MR) is 151 cm³/mol. The minimum absolute atomic E-state index is 0.0339. The first-order valence-corrected chi connectivity index (χ1v) is 13.2. The van der Waals surface area contributed by atoms with Crippen LogP contribution >= 0.6 is 0 Å². The summed E-state index contributed by atoms with van der Waals surface area (Å²) in [5.74, 6) is 0.112. The third-order valence-corrected chi connectivity index (χ3v) is 6.57. The Morgan fingerprint density at radius 1 is 1.18 bits per heavy atom. The molecule has 0 amide bonds. The summed E-state index contributed by atoms with van der Waals surface area (Å²) >= 11 is 0. The topological polar surface area (TPSA) is 92.1 Å². The van der Waals surface area contributed by atoms with E-state index >= 15 is 0 Å². The number of carbonyl (C=O) groups excluding carboxylic acids is 1. The Hall–Kier alpha value is -3.49. The van der Waals surface area contributed by atoms with Gasteiger partial charge in [0.2, 0.25) is 0 Å². The zero-order valence-corrected chi connectivity index (χ0v) is 23.1. The lowest BCUT2D eigenvalue weighted by molar-refractivity contribution is -0.157. The molecular weight excluding hydrogens is 499 g/mol. The molecule has 1 heterocycles. The fourth-order valence-electron chi connectivity index (χ4n) is 4.60. The monoisotopic (exact) mass is 536 g/mol. The van der Waals surface area contributed by atoms with E-state index in [2.05, 4.69) is 0 Å². The summed E-state index contributed by atoms with van der Waals surface area (Å²) in [5.41, 5.74) is 3.36. The summed E-state index contributed by atoms with van der Waals surface area (Å²) in [6.45, 7) is 5.28. The molecule has 1 aliphatic carbocycles. The molecular formula is C31H37FN2O5. The van der Waals surface area contributed by atoms with Gasteiger partial charge in [-0.15, -0.1) is 0 Å². The number of aromatic nitrogens is 1. The zero-order valence-electron chi connectivity index (χ0n) is 23.1. The Morgan fingerprint density at radius 3 is 2.49 bits per heavy atom. The fraction of sp³-hybridized carbons (Fsp3) is 0.419. The number of pyridine rings is 1. The lowest BCUT2D eigenvalue weighted by Gasteiger charge is -2.26. The van der Waals surface area contributed by atoms with Gasteiger partial charge in [0.15, 0.2) is 0 Å². The molecule has 0 bridgehead atoms. The van der Waals surface area contributed by atoms with Crippen LogP contribution in [0.25, 0.3) is 17.0 Å². The molecule has 1 aromatic heterocycles. The molecule has 0 saturated heterocycles. The van der Waals surface area contributed by atoms with E-state index in [-0.39, 0.29) is 24.6 Å². The highest BCUT2D eigenvalue weighted by atomic mass is 19.1. The number of esters is 1. The van der Waals surface area contributed by atoms with Crippen LogP contribution in [0.2, 0.25) is 0 Å². The standard InChI is InChI=1S/C31H37FN2O5/c1-31(2,3)39-28(37)18-23(36)17-22(35)11-14-25-29(19-6-7-19)33-27-15-8-20(32)16-26(27)30(25)34(4)21-9-12-24(38-5)13-10-21/h8-16,19,22-23,35-36H,6-7,17-18H2,1-5H3/b14-11+/t22-,23-/m1/s1. The van der Waals surface area contributed by atoms with E-state index in [4.69, 9.17) is 14.5 Å². The van der Waals surface area contributed by atoms with Crippen molar-refractivity contribution in [1.82, 2.24) is 4.98 Å². The Morgan fingerprint density at radius 2 is 1.87 bits per heavy atom. The molecule has 2 N–H and O–H groups in total. The number of halogens is 1. The smallest absolute Gasteiger partial charge is 0.308 e. The maximum absolute atomic E-state index is 14.5. The Labute approximate surface area is 228 Å². The molecule has 2 atom stereocenters. The van der Waals surface area contributed by atoms with Crippen molar-refractivity contribution in [3.05, 3.63) is 65.6 Å². The highest BCUT2D eigenvalue weighted by Gasteiger charge is 2.30. The number of aliphatic hydroxyl groups excluding tert-OH is 2. The van der Waals surface area contributed by atoms with Crippen molar-refractivity contribution >= 4 is 34.3 Å². The number of fused-ring (bicyclic) bond motifs is 1. The van der Waals surface area contributed by atoms with Crippen LogP contribution in [0.4, 0.5) is 15.8 Å². The molecule has 3 aromatic rings. The number of carbonyl (C=O) groups is 1. The number of hydrogen-bond acceptors (Lipinski definition) is 7. The SMILES string of the molecule is COc1ccc(N(C)c2c(/C=C/[C@@H](O)C[C@@H](O)CC(=O)OC(C)(C)C)c(C3CC3)nc3ccc(F)cc23)cc1. The lowest BCUT2D eigenvalue weighted by Crippen LogP contribution is -2.27. The normalized spacial score (nSPS) is 15.4. The van der Waals surface area contributed by atoms with Crippen LogP contribution < -0.4 is 9.64 Å². The second kappa shape index (κ2) is 11.7. The minimum Gasteiger partial charge on any atom is -0.497 e. The summed E-state index contributed by atoms with van der Waals surface area (Å²) in [4.78, 5) is 19.0. The van der Waals surface area contributed by atoms with Crippen LogP contribution in [0.3, 0.4) is 0 Å². The molecule has 8 heteroatoms. The Balaban J connectivity index is 1.69. The number of anilines is 2. The molecule has 39 heavy (non-hydrogen) atoms. The molecule has 1 fully saturated rings. The molecule has 7 nitrogen and oxygen atoms in total. The minimum atomic E-state index is -1.06. The number of ether oxygens (including phenoxy) is 2. The third-order valence-electron chi connectivity index (χ3n) is 6.57. The van der Waals surface area contributed by atoms with Gasteiger partial charge in [-0.1, -0.05) is 12.2 Å². The third kappa shape index (κ3) is 7.34. The average molecular weight is 537 g/mol. The summed E-state index contributed by atoms with van der Waals surface area (Å²) in [5, 5.41) is 21.8. The number of nitrogens with zero attached hydrogens (tertiary/aromatic N) is 2. The molecule has 1 aliphatic rings. The lowest BCUT2D eigenvalue weighted by atomic mass is 9.99. The second-order valence-electron chi connectivity index (χ2n) is 11.1. The van der Waals surface area contributed by atoms with E-state index in [1.807, 2.05) is 36.2 Å². The van der Waals surface area contributed by atoms with Crippen molar-refractivity contribution in [2.45, 2.75) is 70.2 Å². The van der Waals surface area contributed by atoms with Gasteiger partial charge in [-0.05, 0) is 76.1 Å². The molecule has 0 aliphatic heterocycles. The van der Waals surface area contributed by atoms with Crippen LogP contribution in [-0.4, -0.2) is 53.1 Å². The average Bonchev–Trinajstić information content (AvgIpc) is 3.70. The van der Waals surface area contributed by atoms with Crippen LogP contribution in [0.15, 0.2) is 48.5 Å². The van der Waals surface area contributed by atoms with E-state index in [0.29, 0.717) is 10.9 Å². The van der Waals surface area contributed by atoms with Crippen molar-refractivity contribution in [1.29, 1.82) is 0 Å². The fourth-order valence-corrected chi connectivity index (χ4v) is 4.60. The number of methoxy groups -OCH3 is 1. The van der Waals surface area contributed by atoms with Gasteiger partial charge in [0.25, 0.3) is 0 Å². The Bertz CT molecular complexity index is 1350. The molecule has 2 aromatic carbocycles. The molecule has 0 unspecified atom stereocenters. The zero-order chi connectivity index (χ0) is 28.3. The van der Waals surface area contributed by atoms with Gasteiger partial charge < -0.3 is 24.6 Å². The van der Waals surface area contributed by atoms with Gasteiger partial charge in [0, 0.05) is 36.0 Å². The molecule has 4 rings (SSSR count). The van der Waals surface area contributed by atoms with Crippen molar-refractivity contribution < 1.29 is 28.9 Å². The van der Waals surface area contributed by atoms with Gasteiger partial charge in [-0.3, -0.25) is 9.78 Å². The largest absolute Gasteiger partial charge is 0.497 e. The van der Waals surface area contributed by atoms with Gasteiger partial charge >= 0.3 is 5.97 Å². The van der Waals surface area contributed by atoms with Crippen LogP contribution in [0.1, 0.15) is 63.6 Å². The quantitative estimate of drug-likeness (QED) is 0.313. The van der Waals surface area contributed by atoms with E-state index in [9.17, 15) is 19.4 Å². The number of benzene rings is 2. The number of hydrogen-bond donors (Lipinski definition) is 2. The van der Waals surface area contributed by atoms with E-state index in [0.717, 1.165) is 41.2 Å². The van der Waals surface area contributed by atoms with Crippen LogP contribution in [0.5, 0.6) is 5.75 Å². The summed E-state index contributed by atoms with van der Waals surface area (Å²) in [7, 11) is 3.52. The maximum atomic E-state index is 14.5. The van der Waals surface area contributed by atoms with Crippen molar-refractivity contribution in [3.63, 3.8) is 0 Å². The number of aliphatic hydroxyl groups is 2. The molecule has 0 spiro atoms. The molecule has 1 saturated carbocycles. The van der Waals surface area contributed by atoms with E-state index < -0.39 is 23.8 Å². The van der Waals surface area contributed by atoms with Crippen LogP contribution in [0, 0.1) is 5.82 Å². The van der Waals surface area contributed by atoms with E-state index in [1.54, 1.807) is 46.1 Å². The van der Waals surface area contributed by atoms with Crippen molar-refractivity contribution in [2.75, 3.05) is 19.1 Å². The summed E-state index contributed by atoms with van der Waals surface area (Å²) in [6, 6.07) is 12.2. The summed E-state index contributed by atoms with van der Waals surface area (Å²) < 4.78 is 25.0. The van der Waals surface area contributed by atoms with Gasteiger partial charge in [-0.25, -0.2) is 4.39 Å². The highest BCUT2D eigenvalue weighted by molar-refractivity contribution is 5.99. The predicted octanol–water partition coefficient (Wildman–Crippen LogP) is 5.88. The molecule has 208 valence electrons. The second-order valence-corrected chi connectivity index (χ2v) is 11.1. The summed E-state index contributed by atoms with van der Waals surface area (Å²) in [6.07, 6.45) is 3.07. The first-order valence-electron chi connectivity index (χ1n) is 13.2. The number of rotatable bonds is 10. The van der Waals surface area contributed by atoms with Gasteiger partial charge in [-0.2, -0.15) is 0 Å². The van der Waals surface area contributed by atoms with Gasteiger partial charge in [0.1, 0.15) is 17.2 Å². The van der Waals surface area contributed by atoms with E-state index in [1.165, 1.54) is 12.1 Å². The maximum Gasteiger partial charge on any atom is 0.308 e. The van der Waals surface area contributed by atoms with Crippen molar-refractivity contribution in [3.8, 4) is 5.75 Å². The first-order chi connectivity index (χ1) is 18.4.